The molecule has 0 spiro atoms. The van der Waals surface area contributed by atoms with E-state index in [2.05, 4.69) is 15.6 Å². The Morgan fingerprint density at radius 3 is 3.00 bits per heavy atom. The van der Waals surface area contributed by atoms with E-state index in [1.165, 1.54) is 37.2 Å². The Bertz CT molecular complexity index is 421. The van der Waals surface area contributed by atoms with Crippen LogP contribution in [-0.4, -0.2) is 9.55 Å². The van der Waals surface area contributed by atoms with Gasteiger partial charge in [0.1, 0.15) is 5.82 Å². The molecule has 0 saturated heterocycles. The lowest BCUT2D eigenvalue weighted by atomic mass is 10.1. The Morgan fingerprint density at radius 2 is 2.27 bits per heavy atom. The highest BCUT2D eigenvalue weighted by molar-refractivity contribution is 5.25. The number of rotatable bonds is 2. The number of nitrogens with zero attached hydrogens (tertiary/aromatic N) is 3. The topological polar surface area (TPSA) is 41.6 Å². The maximum atomic E-state index is 8.79. The van der Waals surface area contributed by atoms with Gasteiger partial charge in [0, 0.05) is 18.2 Å². The predicted molar refractivity (Wildman–Crippen MR) is 56.5 cm³/mol. The van der Waals surface area contributed by atoms with Crippen LogP contribution in [0.1, 0.15) is 48.8 Å². The Hall–Kier alpha value is -1.30. The van der Waals surface area contributed by atoms with Gasteiger partial charge in [-0.1, -0.05) is 0 Å². The summed E-state index contributed by atoms with van der Waals surface area (Å²) < 4.78 is 2.40. The summed E-state index contributed by atoms with van der Waals surface area (Å²) in [5, 5.41) is 8.79. The molecule has 1 aliphatic heterocycles. The highest BCUT2D eigenvalue weighted by Gasteiger charge is 2.31. The van der Waals surface area contributed by atoms with Crippen molar-refractivity contribution < 1.29 is 0 Å². The first-order chi connectivity index (χ1) is 7.40. The molecule has 3 heteroatoms. The van der Waals surface area contributed by atoms with Crippen LogP contribution in [0.2, 0.25) is 0 Å². The second-order valence-corrected chi connectivity index (χ2v) is 4.58. The van der Waals surface area contributed by atoms with E-state index in [1.54, 1.807) is 0 Å². The van der Waals surface area contributed by atoms with E-state index in [1.807, 2.05) is 0 Å². The average molecular weight is 201 g/mol. The van der Waals surface area contributed by atoms with Crippen molar-refractivity contribution in [2.24, 2.45) is 0 Å². The fourth-order valence-electron chi connectivity index (χ4n) is 2.52. The Morgan fingerprint density at radius 1 is 1.40 bits per heavy atom. The first kappa shape index (κ1) is 8.96. The van der Waals surface area contributed by atoms with Crippen LogP contribution in [0.4, 0.5) is 0 Å². The maximum Gasteiger partial charge on any atom is 0.112 e. The minimum absolute atomic E-state index is 0.488. The molecule has 2 heterocycles. The van der Waals surface area contributed by atoms with E-state index in [-0.39, 0.29) is 0 Å². The van der Waals surface area contributed by atoms with Gasteiger partial charge in [-0.25, -0.2) is 4.98 Å². The lowest BCUT2D eigenvalue weighted by Gasteiger charge is -2.16. The van der Waals surface area contributed by atoms with Crippen molar-refractivity contribution in [2.45, 2.75) is 51.0 Å². The Kier molecular flexibility index (Phi) is 2.02. The summed E-state index contributed by atoms with van der Waals surface area (Å²) >= 11 is 0. The van der Waals surface area contributed by atoms with Crippen molar-refractivity contribution >= 4 is 0 Å². The van der Waals surface area contributed by atoms with Crippen LogP contribution in [0.3, 0.4) is 0 Å². The van der Waals surface area contributed by atoms with Gasteiger partial charge in [-0.15, -0.1) is 0 Å². The van der Waals surface area contributed by atoms with Gasteiger partial charge >= 0.3 is 0 Å². The Labute approximate surface area is 89.7 Å². The van der Waals surface area contributed by atoms with Crippen LogP contribution < -0.4 is 0 Å². The molecule has 15 heavy (non-hydrogen) atoms. The van der Waals surface area contributed by atoms with Crippen molar-refractivity contribution in [3.8, 4) is 6.07 Å². The monoisotopic (exact) mass is 201 g/mol. The zero-order valence-electron chi connectivity index (χ0n) is 8.87. The zero-order valence-corrected chi connectivity index (χ0v) is 8.87. The summed E-state index contributed by atoms with van der Waals surface area (Å²) in [5.41, 5.74) is 2.41. The lowest BCUT2D eigenvalue weighted by molar-refractivity contribution is 0.513. The number of hydrogen-bond acceptors (Lipinski definition) is 2. The van der Waals surface area contributed by atoms with Crippen LogP contribution in [-0.2, 0) is 19.4 Å². The van der Waals surface area contributed by atoms with Gasteiger partial charge in [0.15, 0.2) is 0 Å². The van der Waals surface area contributed by atoms with Crippen molar-refractivity contribution in [3.63, 3.8) is 0 Å². The number of nitriles is 1. The molecule has 3 rings (SSSR count). The maximum absolute atomic E-state index is 8.79. The molecule has 1 aromatic rings. The molecule has 1 saturated carbocycles. The zero-order chi connectivity index (χ0) is 10.3. The van der Waals surface area contributed by atoms with E-state index in [9.17, 15) is 0 Å². The fourth-order valence-corrected chi connectivity index (χ4v) is 2.52. The number of hydrogen-bond donors (Lipinski definition) is 0. The van der Waals surface area contributed by atoms with Crippen molar-refractivity contribution in [2.75, 3.05) is 0 Å². The third-order valence-corrected chi connectivity index (χ3v) is 3.42. The number of fused-ring (bicyclic) bond motifs is 1. The molecule has 0 bridgehead atoms. The first-order valence-electron chi connectivity index (χ1n) is 5.85. The van der Waals surface area contributed by atoms with E-state index in [4.69, 9.17) is 5.26 Å². The highest BCUT2D eigenvalue weighted by atomic mass is 15.1. The quantitative estimate of drug-likeness (QED) is 0.735. The average Bonchev–Trinajstić information content (AvgIpc) is 3.04. The molecule has 0 radical (unpaired) electrons. The third kappa shape index (κ3) is 1.45. The second kappa shape index (κ2) is 3.37. The van der Waals surface area contributed by atoms with E-state index >= 15 is 0 Å². The van der Waals surface area contributed by atoms with Crippen LogP contribution >= 0.6 is 0 Å². The largest absolute Gasteiger partial charge is 0.331 e. The summed E-state index contributed by atoms with van der Waals surface area (Å²) in [6.45, 7) is 1.12. The molecule has 3 nitrogen and oxygen atoms in total. The van der Waals surface area contributed by atoms with Gasteiger partial charge in [-0.2, -0.15) is 5.26 Å². The fraction of sp³-hybridized carbons (Fsp3) is 0.667. The summed E-state index contributed by atoms with van der Waals surface area (Å²) in [6.07, 6.45) is 6.73. The van der Waals surface area contributed by atoms with E-state index in [0.29, 0.717) is 12.3 Å². The lowest BCUT2D eigenvalue weighted by Crippen LogP contribution is -2.13. The molecule has 78 valence electrons. The van der Waals surface area contributed by atoms with Gasteiger partial charge in [-0.05, 0) is 32.1 Å². The predicted octanol–water partition coefficient (Wildman–Crippen LogP) is 2.16. The van der Waals surface area contributed by atoms with Gasteiger partial charge in [0.2, 0.25) is 0 Å². The standard InChI is InChI=1S/C12H15N3/c13-7-6-10-11-3-1-2-8-15(11)12(14-10)9-4-5-9/h9H,1-6,8H2. The van der Waals surface area contributed by atoms with Gasteiger partial charge in [0.25, 0.3) is 0 Å². The van der Waals surface area contributed by atoms with E-state index in [0.717, 1.165) is 18.7 Å². The summed E-state index contributed by atoms with van der Waals surface area (Å²) in [6, 6.07) is 2.23. The van der Waals surface area contributed by atoms with Gasteiger partial charge in [-0.3, -0.25) is 0 Å². The smallest absolute Gasteiger partial charge is 0.112 e. The molecule has 2 aliphatic rings. The van der Waals surface area contributed by atoms with Gasteiger partial charge < -0.3 is 4.57 Å². The molecule has 1 aromatic heterocycles. The molecule has 0 atom stereocenters. The first-order valence-corrected chi connectivity index (χ1v) is 5.85. The van der Waals surface area contributed by atoms with Crippen molar-refractivity contribution in [1.82, 2.24) is 9.55 Å². The summed E-state index contributed by atoms with van der Waals surface area (Å²) in [7, 11) is 0. The normalized spacial score (nSPS) is 19.7. The molecule has 0 amide bonds. The molecule has 1 aliphatic carbocycles. The molecule has 0 N–H and O–H groups in total. The van der Waals surface area contributed by atoms with Crippen LogP contribution in [0, 0.1) is 11.3 Å². The summed E-state index contributed by atoms with van der Waals surface area (Å²) in [5.74, 6) is 1.98. The minimum Gasteiger partial charge on any atom is -0.331 e. The molecule has 0 aromatic carbocycles. The molecule has 0 unspecified atom stereocenters. The third-order valence-electron chi connectivity index (χ3n) is 3.42. The molecule has 1 fully saturated rings. The minimum atomic E-state index is 0.488. The molecular weight excluding hydrogens is 186 g/mol. The number of imidazole rings is 1. The Balaban J connectivity index is 2.04. The van der Waals surface area contributed by atoms with E-state index < -0.39 is 0 Å². The van der Waals surface area contributed by atoms with Crippen molar-refractivity contribution in [1.29, 1.82) is 5.26 Å². The van der Waals surface area contributed by atoms with Gasteiger partial charge in [0.05, 0.1) is 18.2 Å². The van der Waals surface area contributed by atoms with Crippen LogP contribution in [0.5, 0.6) is 0 Å². The van der Waals surface area contributed by atoms with Crippen molar-refractivity contribution in [3.05, 3.63) is 17.2 Å². The summed E-state index contributed by atoms with van der Waals surface area (Å²) in [4.78, 5) is 4.68. The molecular formula is C12H15N3. The van der Waals surface area contributed by atoms with Crippen LogP contribution in [0.15, 0.2) is 0 Å². The number of aromatic nitrogens is 2. The van der Waals surface area contributed by atoms with Crippen LogP contribution in [0.25, 0.3) is 0 Å². The second-order valence-electron chi connectivity index (χ2n) is 4.58. The highest BCUT2D eigenvalue weighted by Crippen LogP contribution is 2.41. The SMILES string of the molecule is N#CCc1nc(C2CC2)n2c1CCCC2.